The third-order valence-electron chi connectivity index (χ3n) is 2.14. The van der Waals surface area contributed by atoms with Crippen LogP contribution in [0.25, 0.3) is 0 Å². The summed E-state index contributed by atoms with van der Waals surface area (Å²) in [5, 5.41) is 0. The largest absolute Gasteiger partial charge is 0.455 e. The van der Waals surface area contributed by atoms with Crippen molar-refractivity contribution in [2.75, 3.05) is 4.61 Å². The van der Waals surface area contributed by atoms with Gasteiger partial charge in [-0.1, -0.05) is 19.3 Å². The second-order valence-corrected chi connectivity index (χ2v) is 3.53. The maximum Gasteiger partial charge on any atom is 0.309 e. The molecule has 1 aliphatic rings. The van der Waals surface area contributed by atoms with Gasteiger partial charge in [-0.2, -0.15) is 0 Å². The number of ether oxygens (including phenoxy) is 1. The minimum atomic E-state index is 0.0131. The molecule has 0 saturated heterocycles. The lowest BCUT2D eigenvalue weighted by Crippen LogP contribution is -2.19. The average Bonchev–Trinajstić information content (AvgIpc) is 2.07. The van der Waals surface area contributed by atoms with E-state index in [0.717, 1.165) is 12.8 Å². The fraction of sp³-hybridized carbons (Fsp3) is 0.875. The number of halogens is 1. The van der Waals surface area contributed by atoms with E-state index in [9.17, 15) is 4.79 Å². The molecule has 0 bridgehead atoms. The number of hydrogen-bond acceptors (Lipinski definition) is 2. The summed E-state index contributed by atoms with van der Waals surface area (Å²) in [5.41, 5.74) is 0. The number of carbonyl (C=O) groups excluding carboxylic acids is 1. The molecule has 0 heterocycles. The molecule has 0 spiro atoms. The molecular formula is C8H13IO2. The summed E-state index contributed by atoms with van der Waals surface area (Å²) in [6.45, 7) is 0. The van der Waals surface area contributed by atoms with Crippen LogP contribution in [0.15, 0.2) is 0 Å². The molecular weight excluding hydrogens is 255 g/mol. The summed E-state index contributed by atoms with van der Waals surface area (Å²) in [5.74, 6) is 0.220. The second kappa shape index (κ2) is 4.95. The van der Waals surface area contributed by atoms with Crippen LogP contribution in [0, 0.1) is 5.92 Å². The van der Waals surface area contributed by atoms with E-state index in [0.29, 0.717) is 4.61 Å². The maximum atomic E-state index is 11.2. The molecule has 0 unspecified atom stereocenters. The Hall–Kier alpha value is 0.200. The zero-order valence-electron chi connectivity index (χ0n) is 6.51. The van der Waals surface area contributed by atoms with Gasteiger partial charge in [-0.05, 0) is 35.4 Å². The molecule has 1 fully saturated rings. The fourth-order valence-electron chi connectivity index (χ4n) is 1.51. The molecule has 0 N–H and O–H groups in total. The van der Waals surface area contributed by atoms with Gasteiger partial charge < -0.3 is 4.74 Å². The van der Waals surface area contributed by atoms with Crippen LogP contribution < -0.4 is 0 Å². The first-order valence-corrected chi connectivity index (χ1v) is 5.59. The van der Waals surface area contributed by atoms with Crippen LogP contribution in [0.5, 0.6) is 0 Å². The molecule has 2 nitrogen and oxygen atoms in total. The van der Waals surface area contributed by atoms with Crippen LogP contribution in [-0.4, -0.2) is 10.6 Å². The van der Waals surface area contributed by atoms with E-state index in [1.807, 2.05) is 0 Å². The van der Waals surface area contributed by atoms with Gasteiger partial charge in [0.1, 0.15) is 4.61 Å². The van der Waals surface area contributed by atoms with Crippen molar-refractivity contribution in [2.24, 2.45) is 5.92 Å². The highest BCUT2D eigenvalue weighted by molar-refractivity contribution is 14.1. The lowest BCUT2D eigenvalue weighted by molar-refractivity contribution is -0.146. The Kier molecular flexibility index (Phi) is 4.18. The van der Waals surface area contributed by atoms with Gasteiger partial charge >= 0.3 is 5.97 Å². The Balaban J connectivity index is 2.27. The zero-order valence-corrected chi connectivity index (χ0v) is 8.67. The van der Waals surface area contributed by atoms with Crippen molar-refractivity contribution in [1.29, 1.82) is 0 Å². The molecule has 64 valence electrons. The molecule has 3 heteroatoms. The third kappa shape index (κ3) is 2.97. The van der Waals surface area contributed by atoms with Crippen LogP contribution in [0.4, 0.5) is 0 Å². The third-order valence-corrected chi connectivity index (χ3v) is 2.45. The van der Waals surface area contributed by atoms with E-state index in [-0.39, 0.29) is 11.9 Å². The highest BCUT2D eigenvalue weighted by Crippen LogP contribution is 2.24. The normalized spacial score (nSPS) is 19.7. The minimum Gasteiger partial charge on any atom is -0.455 e. The van der Waals surface area contributed by atoms with Crippen LogP contribution in [0.2, 0.25) is 0 Å². The quantitative estimate of drug-likeness (QED) is 0.437. The molecule has 1 aliphatic carbocycles. The van der Waals surface area contributed by atoms with E-state index in [4.69, 9.17) is 4.74 Å². The number of esters is 1. The molecule has 0 radical (unpaired) electrons. The summed E-state index contributed by atoms with van der Waals surface area (Å²) in [4.78, 5) is 11.2. The van der Waals surface area contributed by atoms with E-state index in [1.54, 1.807) is 0 Å². The first kappa shape index (κ1) is 9.29. The first-order chi connectivity index (χ1) is 5.34. The number of alkyl halides is 1. The van der Waals surface area contributed by atoms with Crippen molar-refractivity contribution in [3.8, 4) is 0 Å². The van der Waals surface area contributed by atoms with E-state index in [1.165, 1.54) is 19.3 Å². The molecule has 0 aliphatic heterocycles. The predicted molar refractivity (Wildman–Crippen MR) is 51.6 cm³/mol. The van der Waals surface area contributed by atoms with Gasteiger partial charge in [-0.3, -0.25) is 4.79 Å². The maximum absolute atomic E-state index is 11.2. The van der Waals surface area contributed by atoms with Gasteiger partial charge in [0, 0.05) is 0 Å². The summed E-state index contributed by atoms with van der Waals surface area (Å²) in [6.07, 6.45) is 5.75. The van der Waals surface area contributed by atoms with Gasteiger partial charge in [0.15, 0.2) is 0 Å². The number of rotatable bonds is 2. The SMILES string of the molecule is O=C(OCI)C1CCCCC1. The molecule has 0 aromatic rings. The summed E-state index contributed by atoms with van der Waals surface area (Å²) < 4.78 is 5.42. The fourth-order valence-corrected chi connectivity index (χ4v) is 1.82. The van der Waals surface area contributed by atoms with Crippen molar-refractivity contribution < 1.29 is 9.53 Å². The molecule has 0 aromatic heterocycles. The lowest BCUT2D eigenvalue weighted by atomic mass is 9.89. The minimum absolute atomic E-state index is 0.0131. The van der Waals surface area contributed by atoms with Crippen LogP contribution in [0.3, 0.4) is 0 Å². The van der Waals surface area contributed by atoms with Gasteiger partial charge in [0.05, 0.1) is 5.92 Å². The van der Waals surface area contributed by atoms with E-state index in [2.05, 4.69) is 22.6 Å². The van der Waals surface area contributed by atoms with Gasteiger partial charge in [-0.25, -0.2) is 0 Å². The Bertz CT molecular complexity index is 130. The Morgan fingerprint density at radius 1 is 1.36 bits per heavy atom. The molecule has 0 aromatic carbocycles. The van der Waals surface area contributed by atoms with Gasteiger partial charge in [0.25, 0.3) is 0 Å². The van der Waals surface area contributed by atoms with Gasteiger partial charge in [-0.15, -0.1) is 0 Å². The van der Waals surface area contributed by atoms with E-state index >= 15 is 0 Å². The van der Waals surface area contributed by atoms with Crippen LogP contribution in [-0.2, 0) is 9.53 Å². The first-order valence-electron chi connectivity index (χ1n) is 4.07. The number of hydrogen-bond donors (Lipinski definition) is 0. The van der Waals surface area contributed by atoms with Crippen molar-refractivity contribution >= 4 is 28.6 Å². The summed E-state index contributed by atoms with van der Waals surface area (Å²) >= 11 is 2.06. The summed E-state index contributed by atoms with van der Waals surface area (Å²) in [7, 11) is 0. The Labute approximate surface area is 80.8 Å². The Morgan fingerprint density at radius 2 is 2.00 bits per heavy atom. The molecule has 11 heavy (non-hydrogen) atoms. The lowest BCUT2D eigenvalue weighted by Gasteiger charge is -2.18. The molecule has 1 rings (SSSR count). The molecule has 0 amide bonds. The smallest absolute Gasteiger partial charge is 0.309 e. The van der Waals surface area contributed by atoms with Crippen molar-refractivity contribution in [3.05, 3.63) is 0 Å². The second-order valence-electron chi connectivity index (χ2n) is 2.91. The van der Waals surface area contributed by atoms with Crippen molar-refractivity contribution in [2.45, 2.75) is 32.1 Å². The molecule has 0 atom stereocenters. The average molecular weight is 268 g/mol. The topological polar surface area (TPSA) is 26.3 Å². The van der Waals surface area contributed by atoms with E-state index < -0.39 is 0 Å². The van der Waals surface area contributed by atoms with Crippen LogP contribution in [0.1, 0.15) is 32.1 Å². The Morgan fingerprint density at radius 3 is 2.55 bits per heavy atom. The highest BCUT2D eigenvalue weighted by Gasteiger charge is 2.21. The summed E-state index contributed by atoms with van der Waals surface area (Å²) in [6, 6.07) is 0. The molecule has 1 saturated carbocycles. The zero-order chi connectivity index (χ0) is 8.10. The van der Waals surface area contributed by atoms with Crippen molar-refractivity contribution in [3.63, 3.8) is 0 Å². The predicted octanol–water partition coefficient (Wildman–Crippen LogP) is 2.50. The van der Waals surface area contributed by atoms with Crippen LogP contribution >= 0.6 is 22.6 Å². The van der Waals surface area contributed by atoms with Gasteiger partial charge in [0.2, 0.25) is 0 Å². The van der Waals surface area contributed by atoms with Crippen molar-refractivity contribution in [1.82, 2.24) is 0 Å². The highest BCUT2D eigenvalue weighted by atomic mass is 127. The monoisotopic (exact) mass is 268 g/mol. The standard InChI is InChI=1S/C8H13IO2/c9-6-11-8(10)7-4-2-1-3-5-7/h7H,1-6H2. The number of carbonyl (C=O) groups is 1.